The zero-order valence-electron chi connectivity index (χ0n) is 11.3. The lowest BCUT2D eigenvalue weighted by atomic mass is 9.90. The minimum Gasteiger partial charge on any atom is -0.496 e. The molecule has 0 bridgehead atoms. The summed E-state index contributed by atoms with van der Waals surface area (Å²) in [5.41, 5.74) is 1.49. The molecule has 0 saturated carbocycles. The Bertz CT molecular complexity index is 675. The van der Waals surface area contributed by atoms with Gasteiger partial charge in [-0.25, -0.2) is 4.39 Å². The van der Waals surface area contributed by atoms with Crippen molar-refractivity contribution in [2.24, 2.45) is 0 Å². The molecule has 0 amide bonds. The first-order valence-electron chi connectivity index (χ1n) is 6.54. The monoisotopic (exact) mass is 352 g/mol. The van der Waals surface area contributed by atoms with E-state index < -0.39 is 11.9 Å². The van der Waals surface area contributed by atoms with Crippen LogP contribution in [0.25, 0.3) is 0 Å². The minimum atomic E-state index is -0.833. The van der Waals surface area contributed by atoms with Gasteiger partial charge in [-0.2, -0.15) is 0 Å². The van der Waals surface area contributed by atoms with Crippen LogP contribution in [0.15, 0.2) is 40.9 Å². The van der Waals surface area contributed by atoms with Crippen molar-refractivity contribution in [1.82, 2.24) is 0 Å². The molecular weight excluding hydrogens is 339 g/mol. The summed E-state index contributed by atoms with van der Waals surface area (Å²) < 4.78 is 24.7. The van der Waals surface area contributed by atoms with Crippen molar-refractivity contribution in [1.29, 1.82) is 0 Å². The second-order valence-electron chi connectivity index (χ2n) is 4.91. The van der Waals surface area contributed by atoms with Gasteiger partial charge >= 0.3 is 0 Å². The number of para-hydroxylation sites is 1. The molecule has 0 aliphatic carbocycles. The average Bonchev–Trinajstić information content (AvgIpc) is 2.92. The second-order valence-corrected chi connectivity index (χ2v) is 5.76. The first-order chi connectivity index (χ1) is 10.1. The number of aliphatic hydroxyl groups excluding tert-OH is 1. The molecule has 1 aliphatic heterocycles. The Balaban J connectivity index is 2.00. The lowest BCUT2D eigenvalue weighted by Gasteiger charge is -2.20. The van der Waals surface area contributed by atoms with Crippen LogP contribution in [0.5, 0.6) is 11.5 Å². The molecule has 1 aliphatic rings. The average molecular weight is 353 g/mol. The molecule has 3 rings (SSSR count). The van der Waals surface area contributed by atoms with E-state index >= 15 is 0 Å². The van der Waals surface area contributed by atoms with E-state index in [4.69, 9.17) is 9.47 Å². The summed E-state index contributed by atoms with van der Waals surface area (Å²) in [6.45, 7) is 0.388. The number of hydrogen-bond acceptors (Lipinski definition) is 3. The van der Waals surface area contributed by atoms with Gasteiger partial charge in [-0.1, -0.05) is 18.2 Å². The van der Waals surface area contributed by atoms with E-state index in [-0.39, 0.29) is 5.92 Å². The summed E-state index contributed by atoms with van der Waals surface area (Å²) in [6.07, 6.45) is -0.833. The number of rotatable bonds is 3. The number of benzene rings is 2. The maximum Gasteiger partial charge on any atom is 0.141 e. The number of methoxy groups -OCH3 is 1. The van der Waals surface area contributed by atoms with Gasteiger partial charge in [0.1, 0.15) is 17.3 Å². The van der Waals surface area contributed by atoms with Crippen molar-refractivity contribution in [2.75, 3.05) is 13.7 Å². The standard InChI is InChI=1S/C16H14BrFO3/c1-20-15-7-13(18)12(17)6-10(15)16(19)11-8-21-14-5-3-2-4-9(11)14/h2-7,11,16,19H,8H2,1H3. The van der Waals surface area contributed by atoms with Gasteiger partial charge in [0.15, 0.2) is 0 Å². The summed E-state index contributed by atoms with van der Waals surface area (Å²) in [7, 11) is 1.46. The predicted octanol–water partition coefficient (Wildman–Crippen LogP) is 3.81. The van der Waals surface area contributed by atoms with Crippen LogP contribution in [0.1, 0.15) is 23.1 Å². The van der Waals surface area contributed by atoms with Crippen LogP contribution in [0.4, 0.5) is 4.39 Å². The highest BCUT2D eigenvalue weighted by Gasteiger charge is 2.33. The van der Waals surface area contributed by atoms with Gasteiger partial charge in [0, 0.05) is 17.2 Å². The highest BCUT2D eigenvalue weighted by Crippen LogP contribution is 2.44. The van der Waals surface area contributed by atoms with E-state index in [1.54, 1.807) is 6.07 Å². The van der Waals surface area contributed by atoms with Gasteiger partial charge in [-0.15, -0.1) is 0 Å². The highest BCUT2D eigenvalue weighted by atomic mass is 79.9. The molecular formula is C16H14BrFO3. The van der Waals surface area contributed by atoms with Crippen LogP contribution >= 0.6 is 15.9 Å². The fourth-order valence-corrected chi connectivity index (χ4v) is 2.98. The van der Waals surface area contributed by atoms with E-state index in [0.29, 0.717) is 22.4 Å². The summed E-state index contributed by atoms with van der Waals surface area (Å²) in [5.74, 6) is 0.479. The first kappa shape index (κ1) is 14.4. The van der Waals surface area contributed by atoms with Crippen LogP contribution < -0.4 is 9.47 Å². The van der Waals surface area contributed by atoms with Crippen LogP contribution in [0.2, 0.25) is 0 Å². The summed E-state index contributed by atoms with van der Waals surface area (Å²) in [5, 5.41) is 10.7. The molecule has 0 fully saturated rings. The topological polar surface area (TPSA) is 38.7 Å². The largest absolute Gasteiger partial charge is 0.496 e. The molecule has 2 atom stereocenters. The van der Waals surface area contributed by atoms with Crippen molar-refractivity contribution < 1.29 is 19.0 Å². The molecule has 1 N–H and O–H groups in total. The fourth-order valence-electron chi connectivity index (χ4n) is 2.62. The van der Waals surface area contributed by atoms with Crippen LogP contribution in [0.3, 0.4) is 0 Å². The Morgan fingerprint density at radius 3 is 2.90 bits per heavy atom. The van der Waals surface area contributed by atoms with Crippen molar-refractivity contribution in [3.8, 4) is 11.5 Å². The Labute approximate surface area is 130 Å². The normalized spacial score (nSPS) is 18.0. The third kappa shape index (κ3) is 2.51. The molecule has 1 heterocycles. The number of hydrogen-bond donors (Lipinski definition) is 1. The molecule has 2 aromatic rings. The van der Waals surface area contributed by atoms with Gasteiger partial charge in [0.05, 0.1) is 30.2 Å². The third-order valence-electron chi connectivity index (χ3n) is 3.71. The quantitative estimate of drug-likeness (QED) is 0.912. The number of ether oxygens (including phenoxy) is 2. The molecule has 5 heteroatoms. The Kier molecular flexibility index (Phi) is 3.87. The van der Waals surface area contributed by atoms with Crippen molar-refractivity contribution in [3.05, 3.63) is 57.8 Å². The number of fused-ring (bicyclic) bond motifs is 1. The van der Waals surface area contributed by atoms with Crippen molar-refractivity contribution in [3.63, 3.8) is 0 Å². The molecule has 2 aromatic carbocycles. The van der Waals surface area contributed by atoms with Crippen LogP contribution in [-0.4, -0.2) is 18.8 Å². The molecule has 2 unspecified atom stereocenters. The Morgan fingerprint density at radius 2 is 2.14 bits per heavy atom. The van der Waals surface area contributed by atoms with E-state index in [0.717, 1.165) is 11.3 Å². The Morgan fingerprint density at radius 1 is 1.38 bits per heavy atom. The third-order valence-corrected chi connectivity index (χ3v) is 4.32. The molecule has 21 heavy (non-hydrogen) atoms. The van der Waals surface area contributed by atoms with E-state index in [1.807, 2.05) is 24.3 Å². The molecule has 110 valence electrons. The molecule has 0 saturated heterocycles. The first-order valence-corrected chi connectivity index (χ1v) is 7.34. The predicted molar refractivity (Wildman–Crippen MR) is 80.3 cm³/mol. The van der Waals surface area contributed by atoms with E-state index in [1.165, 1.54) is 13.2 Å². The number of aliphatic hydroxyl groups is 1. The molecule has 0 aromatic heterocycles. The second kappa shape index (κ2) is 5.66. The van der Waals surface area contributed by atoms with E-state index in [2.05, 4.69) is 15.9 Å². The fraction of sp³-hybridized carbons (Fsp3) is 0.250. The lowest BCUT2D eigenvalue weighted by molar-refractivity contribution is 0.127. The smallest absolute Gasteiger partial charge is 0.141 e. The Hall–Kier alpha value is -1.59. The van der Waals surface area contributed by atoms with Crippen LogP contribution in [0, 0.1) is 5.82 Å². The SMILES string of the molecule is COc1cc(F)c(Br)cc1C(O)C1COc2ccccc21. The molecule has 3 nitrogen and oxygen atoms in total. The summed E-state index contributed by atoms with van der Waals surface area (Å²) >= 11 is 3.15. The highest BCUT2D eigenvalue weighted by molar-refractivity contribution is 9.10. The lowest BCUT2D eigenvalue weighted by Crippen LogP contribution is -2.13. The van der Waals surface area contributed by atoms with Gasteiger partial charge in [0.25, 0.3) is 0 Å². The maximum atomic E-state index is 13.6. The van der Waals surface area contributed by atoms with E-state index in [9.17, 15) is 9.50 Å². The summed E-state index contributed by atoms with van der Waals surface area (Å²) in [6, 6.07) is 10.4. The van der Waals surface area contributed by atoms with Gasteiger partial charge < -0.3 is 14.6 Å². The maximum absolute atomic E-state index is 13.6. The number of halogens is 2. The van der Waals surface area contributed by atoms with Gasteiger partial charge in [-0.05, 0) is 28.1 Å². The molecule has 0 spiro atoms. The van der Waals surface area contributed by atoms with Crippen LogP contribution in [-0.2, 0) is 0 Å². The molecule has 0 radical (unpaired) electrons. The zero-order chi connectivity index (χ0) is 15.0. The van der Waals surface area contributed by atoms with Crippen molar-refractivity contribution in [2.45, 2.75) is 12.0 Å². The minimum absolute atomic E-state index is 0.201. The summed E-state index contributed by atoms with van der Waals surface area (Å²) in [4.78, 5) is 0. The van der Waals surface area contributed by atoms with Crippen molar-refractivity contribution >= 4 is 15.9 Å². The van der Waals surface area contributed by atoms with Gasteiger partial charge in [-0.3, -0.25) is 0 Å². The van der Waals surface area contributed by atoms with Gasteiger partial charge in [0.2, 0.25) is 0 Å². The zero-order valence-corrected chi connectivity index (χ0v) is 12.9.